The highest BCUT2D eigenvalue weighted by Crippen LogP contribution is 2.31. The molecule has 0 atom stereocenters. The van der Waals surface area contributed by atoms with Gasteiger partial charge in [0.1, 0.15) is 0 Å². The molecule has 2 fully saturated rings. The molecule has 0 bridgehead atoms. The number of thioether (sulfide) groups is 1. The first-order chi connectivity index (χ1) is 8.62. The van der Waals surface area contributed by atoms with Crippen LogP contribution in [0.2, 0.25) is 0 Å². The van der Waals surface area contributed by atoms with E-state index >= 15 is 0 Å². The third kappa shape index (κ3) is 2.98. The van der Waals surface area contributed by atoms with Gasteiger partial charge in [0, 0.05) is 29.6 Å². The molecular formula is C12H20N4OS. The molecule has 3 rings (SSSR count). The third-order valence-electron chi connectivity index (χ3n) is 3.27. The minimum atomic E-state index is 0.263. The van der Waals surface area contributed by atoms with Gasteiger partial charge in [-0.15, -0.1) is 5.10 Å². The van der Waals surface area contributed by atoms with E-state index in [1.807, 2.05) is 11.8 Å². The maximum absolute atomic E-state index is 5.73. The Bertz CT molecular complexity index is 416. The summed E-state index contributed by atoms with van der Waals surface area (Å²) >= 11 is 2.00. The van der Waals surface area contributed by atoms with Gasteiger partial charge >= 0.3 is 6.01 Å². The van der Waals surface area contributed by atoms with Crippen LogP contribution in [-0.4, -0.2) is 39.8 Å². The molecule has 5 nitrogen and oxygen atoms in total. The molecule has 2 aliphatic rings. The number of rotatable bonds is 4. The summed E-state index contributed by atoms with van der Waals surface area (Å²) < 4.78 is 5.99. The van der Waals surface area contributed by atoms with Gasteiger partial charge in [0.2, 0.25) is 5.89 Å². The lowest BCUT2D eigenvalue weighted by Crippen LogP contribution is -2.43. The fourth-order valence-corrected chi connectivity index (χ4v) is 3.25. The Morgan fingerprint density at radius 1 is 1.44 bits per heavy atom. The van der Waals surface area contributed by atoms with Crippen LogP contribution in [0.3, 0.4) is 0 Å². The van der Waals surface area contributed by atoms with Gasteiger partial charge in [0.25, 0.3) is 0 Å². The van der Waals surface area contributed by atoms with E-state index in [0.29, 0.717) is 24.5 Å². The van der Waals surface area contributed by atoms with Crippen molar-refractivity contribution in [3.05, 3.63) is 5.89 Å². The van der Waals surface area contributed by atoms with Crippen molar-refractivity contribution in [3.8, 4) is 0 Å². The Labute approximate surface area is 112 Å². The van der Waals surface area contributed by atoms with Crippen LogP contribution in [-0.2, 0) is 6.54 Å². The fourth-order valence-electron chi connectivity index (χ4n) is 2.14. The third-order valence-corrected chi connectivity index (χ3v) is 4.57. The normalized spacial score (nSPS) is 23.3. The van der Waals surface area contributed by atoms with Crippen molar-refractivity contribution in [1.82, 2.24) is 15.5 Å². The lowest BCUT2D eigenvalue weighted by Gasteiger charge is -2.36. The highest BCUT2D eigenvalue weighted by atomic mass is 32.2. The molecule has 1 saturated carbocycles. The molecule has 0 amide bonds. The minimum Gasteiger partial charge on any atom is -0.407 e. The molecule has 100 valence electrons. The van der Waals surface area contributed by atoms with E-state index in [1.54, 1.807) is 0 Å². The summed E-state index contributed by atoms with van der Waals surface area (Å²) in [6.07, 6.45) is 2.55. The van der Waals surface area contributed by atoms with Crippen LogP contribution in [0.25, 0.3) is 0 Å². The van der Waals surface area contributed by atoms with Crippen LogP contribution in [0.15, 0.2) is 4.42 Å². The predicted octanol–water partition coefficient (Wildman–Crippen LogP) is 1.65. The van der Waals surface area contributed by atoms with Crippen LogP contribution in [0, 0.1) is 0 Å². The summed E-state index contributed by atoms with van der Waals surface area (Å²) in [4.78, 5) is 2.20. The molecule has 2 heterocycles. The molecule has 0 unspecified atom stereocenters. The number of nitrogens with one attached hydrogen (secondary N) is 1. The maximum Gasteiger partial charge on any atom is 0.318 e. The molecule has 6 heteroatoms. The van der Waals surface area contributed by atoms with Gasteiger partial charge in [-0.1, -0.05) is 5.10 Å². The largest absolute Gasteiger partial charge is 0.407 e. The van der Waals surface area contributed by atoms with Crippen molar-refractivity contribution < 1.29 is 4.42 Å². The summed E-state index contributed by atoms with van der Waals surface area (Å²) in [6, 6.07) is 1.35. The monoisotopic (exact) mass is 268 g/mol. The summed E-state index contributed by atoms with van der Waals surface area (Å²) in [6.45, 7) is 7.18. The lowest BCUT2D eigenvalue weighted by atomic mass is 10.2. The Morgan fingerprint density at radius 3 is 3.00 bits per heavy atom. The summed E-state index contributed by atoms with van der Waals surface area (Å²) in [5.74, 6) is 1.82. The maximum atomic E-state index is 5.73. The van der Waals surface area contributed by atoms with Crippen LogP contribution in [0.4, 0.5) is 6.01 Å². The molecular weight excluding hydrogens is 248 g/mol. The van der Waals surface area contributed by atoms with Gasteiger partial charge in [-0.25, -0.2) is 0 Å². The van der Waals surface area contributed by atoms with Crippen LogP contribution < -0.4 is 10.2 Å². The Morgan fingerprint density at radius 2 is 2.28 bits per heavy atom. The lowest BCUT2D eigenvalue weighted by molar-refractivity contribution is 0.454. The second kappa shape index (κ2) is 4.74. The molecule has 1 saturated heterocycles. The first-order valence-electron chi connectivity index (χ1n) is 6.57. The molecule has 0 aromatic carbocycles. The van der Waals surface area contributed by atoms with E-state index in [9.17, 15) is 0 Å². The van der Waals surface area contributed by atoms with Crippen molar-refractivity contribution in [1.29, 1.82) is 0 Å². The second-order valence-corrected chi connectivity index (χ2v) is 7.47. The SMILES string of the molecule is CC1(C)CN(c2nnc(CNC3CC3)o2)CCS1. The Kier molecular flexibility index (Phi) is 3.23. The predicted molar refractivity (Wildman–Crippen MR) is 72.9 cm³/mol. The van der Waals surface area contributed by atoms with Crippen molar-refractivity contribution in [2.45, 2.75) is 44.0 Å². The number of hydrogen-bond acceptors (Lipinski definition) is 6. The molecule has 1 N–H and O–H groups in total. The van der Waals surface area contributed by atoms with Crippen molar-refractivity contribution in [3.63, 3.8) is 0 Å². The van der Waals surface area contributed by atoms with E-state index in [0.717, 1.165) is 18.8 Å². The minimum absolute atomic E-state index is 0.263. The van der Waals surface area contributed by atoms with Crippen LogP contribution in [0.1, 0.15) is 32.6 Å². The molecule has 1 aliphatic heterocycles. The van der Waals surface area contributed by atoms with Crippen molar-refractivity contribution in [2.75, 3.05) is 23.7 Å². The van der Waals surface area contributed by atoms with Gasteiger partial charge in [0.15, 0.2) is 0 Å². The standard InChI is InChI=1S/C12H20N4OS/c1-12(2)8-16(5-6-18-12)11-15-14-10(17-11)7-13-9-3-4-9/h9,13H,3-8H2,1-2H3. The van der Waals surface area contributed by atoms with Gasteiger partial charge in [-0.2, -0.15) is 11.8 Å². The average Bonchev–Trinajstić information content (AvgIpc) is 3.02. The zero-order valence-electron chi connectivity index (χ0n) is 11.0. The van der Waals surface area contributed by atoms with E-state index in [4.69, 9.17) is 4.42 Å². The molecule has 1 aliphatic carbocycles. The smallest absolute Gasteiger partial charge is 0.318 e. The summed E-state index contributed by atoms with van der Waals surface area (Å²) in [5, 5.41) is 11.7. The second-order valence-electron chi connectivity index (χ2n) is 5.66. The summed E-state index contributed by atoms with van der Waals surface area (Å²) in [5.41, 5.74) is 0. The van der Waals surface area contributed by atoms with E-state index < -0.39 is 0 Å². The molecule has 18 heavy (non-hydrogen) atoms. The fraction of sp³-hybridized carbons (Fsp3) is 0.833. The summed E-state index contributed by atoms with van der Waals surface area (Å²) in [7, 11) is 0. The first kappa shape index (κ1) is 12.3. The van der Waals surface area contributed by atoms with Gasteiger partial charge < -0.3 is 14.6 Å². The molecule has 1 aromatic heterocycles. The Balaban J connectivity index is 1.60. The Hall–Kier alpha value is -0.750. The van der Waals surface area contributed by atoms with E-state index in [1.165, 1.54) is 12.8 Å². The zero-order chi connectivity index (χ0) is 12.6. The zero-order valence-corrected chi connectivity index (χ0v) is 11.8. The molecule has 1 aromatic rings. The number of hydrogen-bond donors (Lipinski definition) is 1. The quantitative estimate of drug-likeness (QED) is 0.896. The van der Waals surface area contributed by atoms with Crippen LogP contribution >= 0.6 is 11.8 Å². The van der Waals surface area contributed by atoms with Crippen molar-refractivity contribution >= 4 is 17.8 Å². The highest BCUT2D eigenvalue weighted by Gasteiger charge is 2.29. The van der Waals surface area contributed by atoms with Crippen molar-refractivity contribution in [2.24, 2.45) is 0 Å². The van der Waals surface area contributed by atoms with Gasteiger partial charge in [-0.05, 0) is 26.7 Å². The average molecular weight is 268 g/mol. The van der Waals surface area contributed by atoms with E-state index in [-0.39, 0.29) is 4.75 Å². The number of anilines is 1. The van der Waals surface area contributed by atoms with Gasteiger partial charge in [-0.3, -0.25) is 0 Å². The first-order valence-corrected chi connectivity index (χ1v) is 7.56. The molecule has 0 radical (unpaired) electrons. The number of aromatic nitrogens is 2. The van der Waals surface area contributed by atoms with Crippen LogP contribution in [0.5, 0.6) is 0 Å². The van der Waals surface area contributed by atoms with E-state index in [2.05, 4.69) is 34.3 Å². The highest BCUT2D eigenvalue weighted by molar-refractivity contribution is 8.00. The molecule has 0 spiro atoms. The number of nitrogens with zero attached hydrogens (tertiary/aromatic N) is 3. The topological polar surface area (TPSA) is 54.2 Å². The van der Waals surface area contributed by atoms with Gasteiger partial charge in [0.05, 0.1) is 6.54 Å².